The summed E-state index contributed by atoms with van der Waals surface area (Å²) in [6.45, 7) is 6.42. The van der Waals surface area contributed by atoms with Crippen LogP contribution in [0, 0.1) is 5.82 Å². The first-order valence-corrected chi connectivity index (χ1v) is 6.88. The number of rotatable bonds is 7. The molecule has 1 unspecified atom stereocenters. The van der Waals surface area contributed by atoms with Crippen LogP contribution < -0.4 is 5.46 Å². The Morgan fingerprint density at radius 1 is 1.30 bits per heavy atom. The fourth-order valence-electron chi connectivity index (χ4n) is 2.29. The lowest BCUT2D eigenvalue weighted by Crippen LogP contribution is -2.39. The molecule has 1 aromatic rings. The van der Waals surface area contributed by atoms with E-state index in [2.05, 4.69) is 23.6 Å². The van der Waals surface area contributed by atoms with Gasteiger partial charge in [-0.2, -0.15) is 0 Å². The molecule has 2 N–H and O–H groups in total. The minimum atomic E-state index is -1.63. The molecule has 0 aliphatic heterocycles. The third-order valence-electron chi connectivity index (χ3n) is 3.41. The van der Waals surface area contributed by atoms with Gasteiger partial charge in [-0.25, -0.2) is 4.39 Å². The molecule has 6 heteroatoms. The van der Waals surface area contributed by atoms with Gasteiger partial charge in [0.25, 0.3) is 0 Å². The van der Waals surface area contributed by atoms with Crippen LogP contribution in [0.4, 0.5) is 4.39 Å². The quantitative estimate of drug-likeness (QED) is 0.705. The first-order chi connectivity index (χ1) is 9.35. The fraction of sp³-hybridized carbons (Fsp3) is 0.571. The molecule has 0 heterocycles. The van der Waals surface area contributed by atoms with Crippen LogP contribution in [0.1, 0.15) is 19.4 Å². The van der Waals surface area contributed by atoms with Gasteiger partial charge >= 0.3 is 7.12 Å². The molecule has 0 radical (unpaired) electrons. The number of hydrogen-bond acceptors (Lipinski definition) is 4. The molecule has 0 fully saturated rings. The molecule has 0 amide bonds. The molecule has 0 saturated heterocycles. The van der Waals surface area contributed by atoms with E-state index in [0.717, 1.165) is 13.1 Å². The number of likely N-dealkylation sites (N-methyl/N-ethyl adjacent to an activating group) is 2. The molecule has 0 aromatic heterocycles. The van der Waals surface area contributed by atoms with Gasteiger partial charge in [0.1, 0.15) is 5.82 Å². The van der Waals surface area contributed by atoms with E-state index < -0.39 is 12.9 Å². The summed E-state index contributed by atoms with van der Waals surface area (Å²) < 4.78 is 14.0. The highest BCUT2D eigenvalue weighted by atomic mass is 19.1. The normalized spacial score (nSPS) is 13.1. The maximum absolute atomic E-state index is 14.0. The standard InChI is InChI=1S/C14H24BFN2O2/c1-5-18(11(2)9-17(3)4)10-12-6-7-13(15(19)20)8-14(12)16/h6-8,11,19-20H,5,9-10H2,1-4H3. The minimum Gasteiger partial charge on any atom is -0.423 e. The molecular formula is C14H24BFN2O2. The van der Waals surface area contributed by atoms with Crippen LogP contribution in [0.15, 0.2) is 18.2 Å². The second-order valence-corrected chi connectivity index (χ2v) is 5.40. The molecular weight excluding hydrogens is 258 g/mol. The van der Waals surface area contributed by atoms with Gasteiger partial charge in [0.2, 0.25) is 0 Å². The van der Waals surface area contributed by atoms with Gasteiger partial charge in [-0.3, -0.25) is 4.90 Å². The predicted molar refractivity (Wildman–Crippen MR) is 80.3 cm³/mol. The average Bonchev–Trinajstić information content (AvgIpc) is 2.36. The van der Waals surface area contributed by atoms with E-state index in [4.69, 9.17) is 10.0 Å². The van der Waals surface area contributed by atoms with Crippen LogP contribution in [0.5, 0.6) is 0 Å². The summed E-state index contributed by atoms with van der Waals surface area (Å²) in [4.78, 5) is 4.29. The van der Waals surface area contributed by atoms with Crippen molar-refractivity contribution in [2.24, 2.45) is 0 Å². The number of hydrogen-bond donors (Lipinski definition) is 2. The van der Waals surface area contributed by atoms with Gasteiger partial charge < -0.3 is 14.9 Å². The third-order valence-corrected chi connectivity index (χ3v) is 3.41. The molecule has 0 aliphatic rings. The zero-order chi connectivity index (χ0) is 15.3. The molecule has 20 heavy (non-hydrogen) atoms. The van der Waals surface area contributed by atoms with Gasteiger partial charge in [0, 0.05) is 24.7 Å². The molecule has 112 valence electrons. The summed E-state index contributed by atoms with van der Waals surface area (Å²) in [5.41, 5.74) is 0.748. The average molecular weight is 282 g/mol. The number of benzene rings is 1. The molecule has 0 bridgehead atoms. The predicted octanol–water partition coefficient (Wildman–Crippen LogP) is 0.278. The molecule has 4 nitrogen and oxygen atoms in total. The Kier molecular flexibility index (Phi) is 6.62. The van der Waals surface area contributed by atoms with E-state index in [-0.39, 0.29) is 5.46 Å². The van der Waals surface area contributed by atoms with E-state index in [1.165, 1.54) is 6.07 Å². The summed E-state index contributed by atoms with van der Waals surface area (Å²) in [7, 11) is 2.40. The Balaban J connectivity index is 2.79. The van der Waals surface area contributed by atoms with Crippen LogP contribution in [0.2, 0.25) is 0 Å². The second-order valence-electron chi connectivity index (χ2n) is 5.40. The maximum Gasteiger partial charge on any atom is 0.488 e. The first kappa shape index (κ1) is 17.1. The van der Waals surface area contributed by atoms with E-state index in [0.29, 0.717) is 18.2 Å². The minimum absolute atomic E-state index is 0.177. The molecule has 0 aliphatic carbocycles. The lowest BCUT2D eigenvalue weighted by Gasteiger charge is -2.30. The van der Waals surface area contributed by atoms with Crippen LogP contribution >= 0.6 is 0 Å². The van der Waals surface area contributed by atoms with Crippen molar-refractivity contribution in [2.45, 2.75) is 26.4 Å². The Labute approximate surface area is 121 Å². The first-order valence-electron chi connectivity index (χ1n) is 6.88. The van der Waals surface area contributed by atoms with Crippen molar-refractivity contribution in [3.8, 4) is 0 Å². The monoisotopic (exact) mass is 282 g/mol. The third kappa shape index (κ3) is 4.87. The van der Waals surface area contributed by atoms with Crippen molar-refractivity contribution in [3.63, 3.8) is 0 Å². The highest BCUT2D eigenvalue weighted by Crippen LogP contribution is 2.12. The van der Waals surface area contributed by atoms with Gasteiger partial charge in [-0.05, 0) is 39.1 Å². The molecule has 1 aromatic carbocycles. The molecule has 0 saturated carbocycles. The summed E-state index contributed by atoms with van der Waals surface area (Å²) in [5, 5.41) is 18.1. The largest absolute Gasteiger partial charge is 0.488 e. The smallest absolute Gasteiger partial charge is 0.423 e. The van der Waals surface area contributed by atoms with Crippen molar-refractivity contribution >= 4 is 12.6 Å². The lowest BCUT2D eigenvalue weighted by molar-refractivity contribution is 0.172. The SMILES string of the molecule is CCN(Cc1ccc(B(O)O)cc1F)C(C)CN(C)C. The number of halogens is 1. The van der Waals surface area contributed by atoms with Gasteiger partial charge in [0.15, 0.2) is 0 Å². The van der Waals surface area contributed by atoms with E-state index in [9.17, 15) is 4.39 Å². The maximum atomic E-state index is 14.0. The molecule has 0 spiro atoms. The summed E-state index contributed by atoms with van der Waals surface area (Å²) in [6.07, 6.45) is 0. The van der Waals surface area contributed by atoms with Crippen molar-refractivity contribution < 1.29 is 14.4 Å². The molecule has 1 rings (SSSR count). The Bertz CT molecular complexity index is 430. The summed E-state index contributed by atoms with van der Waals surface area (Å²) >= 11 is 0. The summed E-state index contributed by atoms with van der Waals surface area (Å²) in [6, 6.07) is 4.67. The Morgan fingerprint density at radius 2 is 1.95 bits per heavy atom. The van der Waals surface area contributed by atoms with E-state index in [1.54, 1.807) is 12.1 Å². The van der Waals surface area contributed by atoms with Gasteiger partial charge in [-0.1, -0.05) is 19.1 Å². The van der Waals surface area contributed by atoms with Crippen LogP contribution in [-0.2, 0) is 6.54 Å². The Hall–Kier alpha value is -0.945. The second kappa shape index (κ2) is 7.74. The Morgan fingerprint density at radius 3 is 2.40 bits per heavy atom. The molecule has 1 atom stereocenters. The lowest BCUT2D eigenvalue weighted by atomic mass is 9.80. The van der Waals surface area contributed by atoms with Crippen molar-refractivity contribution in [1.29, 1.82) is 0 Å². The van der Waals surface area contributed by atoms with Gasteiger partial charge in [0.05, 0.1) is 0 Å². The summed E-state index contributed by atoms with van der Waals surface area (Å²) in [5.74, 6) is -0.397. The van der Waals surface area contributed by atoms with Crippen LogP contribution in [0.25, 0.3) is 0 Å². The highest BCUT2D eigenvalue weighted by molar-refractivity contribution is 6.58. The van der Waals surface area contributed by atoms with Crippen molar-refractivity contribution in [3.05, 3.63) is 29.6 Å². The van der Waals surface area contributed by atoms with Crippen molar-refractivity contribution in [2.75, 3.05) is 27.2 Å². The fourth-order valence-corrected chi connectivity index (χ4v) is 2.29. The van der Waals surface area contributed by atoms with Crippen molar-refractivity contribution in [1.82, 2.24) is 9.80 Å². The van der Waals surface area contributed by atoms with E-state index >= 15 is 0 Å². The van der Waals surface area contributed by atoms with Crippen LogP contribution in [0.3, 0.4) is 0 Å². The highest BCUT2D eigenvalue weighted by Gasteiger charge is 2.17. The topological polar surface area (TPSA) is 46.9 Å². The van der Waals surface area contributed by atoms with Gasteiger partial charge in [-0.15, -0.1) is 0 Å². The zero-order valence-electron chi connectivity index (χ0n) is 12.7. The van der Waals surface area contributed by atoms with Crippen LogP contribution in [-0.4, -0.2) is 60.2 Å². The zero-order valence-corrected chi connectivity index (χ0v) is 12.7. The number of nitrogens with zero attached hydrogens (tertiary/aromatic N) is 2. The van der Waals surface area contributed by atoms with E-state index in [1.807, 2.05) is 14.1 Å².